The molecule has 8 heteroatoms. The molecule has 1 fully saturated rings. The lowest BCUT2D eigenvalue weighted by Crippen LogP contribution is -2.32. The first-order chi connectivity index (χ1) is 13.4. The maximum atomic E-state index is 12.8. The second-order valence-corrected chi connectivity index (χ2v) is 7.71. The number of likely N-dealkylation sites (tertiary alicyclic amines) is 1. The number of ether oxygens (including phenoxy) is 2. The van der Waals surface area contributed by atoms with Crippen LogP contribution in [0.15, 0.2) is 35.2 Å². The van der Waals surface area contributed by atoms with Crippen molar-refractivity contribution in [3.05, 3.63) is 56.2 Å². The molecule has 28 heavy (non-hydrogen) atoms. The molecule has 0 radical (unpaired) electrons. The van der Waals surface area contributed by atoms with Gasteiger partial charge in [0.1, 0.15) is 11.5 Å². The topological polar surface area (TPSA) is 76.1 Å². The van der Waals surface area contributed by atoms with Gasteiger partial charge in [-0.15, -0.1) is 11.3 Å². The Hall–Kier alpha value is -2.35. The van der Waals surface area contributed by atoms with Crippen molar-refractivity contribution in [2.75, 3.05) is 27.4 Å². The van der Waals surface area contributed by atoms with Crippen LogP contribution in [0.1, 0.15) is 22.0 Å². The molecule has 1 amide bonds. The van der Waals surface area contributed by atoms with Gasteiger partial charge in [-0.1, -0.05) is 17.7 Å². The SMILES string of the molecule is COCCN1C(=O)C(=O)/C(=C(\O)c2cc(C)cc(Cl)c2OC)C1c1cccs1. The van der Waals surface area contributed by atoms with Gasteiger partial charge in [0.05, 0.1) is 35.9 Å². The number of hydrogen-bond acceptors (Lipinski definition) is 6. The van der Waals surface area contributed by atoms with Crippen molar-refractivity contribution < 1.29 is 24.2 Å². The van der Waals surface area contributed by atoms with E-state index >= 15 is 0 Å². The van der Waals surface area contributed by atoms with Crippen molar-refractivity contribution in [2.24, 2.45) is 0 Å². The van der Waals surface area contributed by atoms with Crippen molar-refractivity contribution >= 4 is 40.4 Å². The van der Waals surface area contributed by atoms with Crippen LogP contribution in [0.3, 0.4) is 0 Å². The van der Waals surface area contributed by atoms with Crippen LogP contribution in [-0.2, 0) is 14.3 Å². The lowest BCUT2D eigenvalue weighted by atomic mass is 9.98. The van der Waals surface area contributed by atoms with E-state index in [9.17, 15) is 14.7 Å². The summed E-state index contributed by atoms with van der Waals surface area (Å²) in [4.78, 5) is 27.7. The van der Waals surface area contributed by atoms with Crippen LogP contribution in [0.25, 0.3) is 5.76 Å². The van der Waals surface area contributed by atoms with E-state index in [0.717, 1.165) is 10.4 Å². The number of rotatable bonds is 6. The third-order valence-corrected chi connectivity index (χ3v) is 5.74. The van der Waals surface area contributed by atoms with Crippen LogP contribution in [-0.4, -0.2) is 49.1 Å². The van der Waals surface area contributed by atoms with Gasteiger partial charge in [0.2, 0.25) is 0 Å². The average molecular weight is 422 g/mol. The van der Waals surface area contributed by atoms with E-state index in [1.165, 1.54) is 30.5 Å². The first-order valence-corrected chi connectivity index (χ1v) is 9.81. The smallest absolute Gasteiger partial charge is 0.295 e. The Morgan fingerprint density at radius 3 is 2.68 bits per heavy atom. The summed E-state index contributed by atoms with van der Waals surface area (Å²) >= 11 is 7.65. The molecule has 1 aliphatic heterocycles. The van der Waals surface area contributed by atoms with E-state index in [1.54, 1.807) is 12.1 Å². The van der Waals surface area contributed by atoms with Crippen molar-refractivity contribution in [1.82, 2.24) is 4.90 Å². The lowest BCUT2D eigenvalue weighted by Gasteiger charge is -2.24. The van der Waals surface area contributed by atoms with E-state index in [2.05, 4.69) is 0 Å². The van der Waals surface area contributed by atoms with Gasteiger partial charge in [-0.25, -0.2) is 0 Å². The number of ketones is 1. The third kappa shape index (κ3) is 3.53. The van der Waals surface area contributed by atoms with Crippen LogP contribution < -0.4 is 4.74 Å². The molecule has 1 unspecified atom stereocenters. The summed E-state index contributed by atoms with van der Waals surface area (Å²) in [5.74, 6) is -1.47. The zero-order valence-corrected chi connectivity index (χ0v) is 17.3. The number of aliphatic hydroxyl groups is 1. The monoisotopic (exact) mass is 421 g/mol. The number of carbonyl (C=O) groups excluding carboxylic acids is 2. The van der Waals surface area contributed by atoms with E-state index in [4.69, 9.17) is 21.1 Å². The van der Waals surface area contributed by atoms with Crippen LogP contribution >= 0.6 is 22.9 Å². The molecule has 2 heterocycles. The zero-order valence-electron chi connectivity index (χ0n) is 15.7. The fraction of sp³-hybridized carbons (Fsp3) is 0.300. The number of aryl methyl sites for hydroxylation is 1. The fourth-order valence-electron chi connectivity index (χ4n) is 3.30. The second kappa shape index (κ2) is 8.34. The molecule has 0 bridgehead atoms. The summed E-state index contributed by atoms with van der Waals surface area (Å²) in [5, 5.41) is 13.3. The molecule has 6 nitrogen and oxygen atoms in total. The number of thiophene rings is 1. The molecule has 0 aliphatic carbocycles. The molecule has 1 atom stereocenters. The Balaban J connectivity index is 2.22. The van der Waals surface area contributed by atoms with Crippen molar-refractivity contribution in [1.29, 1.82) is 0 Å². The van der Waals surface area contributed by atoms with Gasteiger partial charge in [0, 0.05) is 18.5 Å². The van der Waals surface area contributed by atoms with E-state index in [1.807, 2.05) is 24.4 Å². The molecule has 1 saturated heterocycles. The highest BCUT2D eigenvalue weighted by Crippen LogP contribution is 2.43. The summed E-state index contributed by atoms with van der Waals surface area (Å²) in [5.41, 5.74) is 1.08. The highest BCUT2D eigenvalue weighted by atomic mass is 35.5. The molecule has 0 spiro atoms. The minimum atomic E-state index is -0.744. The van der Waals surface area contributed by atoms with Crippen molar-refractivity contribution in [3.8, 4) is 5.75 Å². The van der Waals surface area contributed by atoms with Gasteiger partial charge < -0.3 is 19.5 Å². The van der Waals surface area contributed by atoms with Crippen molar-refractivity contribution in [3.63, 3.8) is 0 Å². The molecular formula is C20H20ClNO5S. The maximum absolute atomic E-state index is 12.8. The van der Waals surface area contributed by atoms with E-state index in [0.29, 0.717) is 5.02 Å². The number of halogens is 1. The highest BCUT2D eigenvalue weighted by molar-refractivity contribution is 7.10. The standard InChI is InChI=1S/C20H20ClNO5S/c1-11-9-12(19(27-3)13(21)10-11)17(23)15-16(14-5-4-8-28-14)22(6-7-26-2)20(25)18(15)24/h4-5,8-10,16,23H,6-7H2,1-3H3/b17-15-. The molecule has 3 rings (SSSR count). The number of hydrogen-bond donors (Lipinski definition) is 1. The molecular weight excluding hydrogens is 402 g/mol. The summed E-state index contributed by atoms with van der Waals surface area (Å²) in [6, 6.07) is 6.34. The van der Waals surface area contributed by atoms with Gasteiger partial charge in [0.25, 0.3) is 11.7 Å². The second-order valence-electron chi connectivity index (χ2n) is 6.33. The minimum Gasteiger partial charge on any atom is -0.507 e. The predicted molar refractivity (Wildman–Crippen MR) is 108 cm³/mol. The Kier molecular flexibility index (Phi) is 6.07. The Morgan fingerprint density at radius 2 is 2.07 bits per heavy atom. The summed E-state index contributed by atoms with van der Waals surface area (Å²) in [6.45, 7) is 2.32. The fourth-order valence-corrected chi connectivity index (χ4v) is 4.50. The highest BCUT2D eigenvalue weighted by Gasteiger charge is 2.46. The number of nitrogens with zero attached hydrogens (tertiary/aromatic N) is 1. The molecule has 1 aromatic heterocycles. The van der Waals surface area contributed by atoms with Gasteiger partial charge in [-0.2, -0.15) is 0 Å². The van der Waals surface area contributed by atoms with Crippen LogP contribution in [0.5, 0.6) is 5.75 Å². The van der Waals surface area contributed by atoms with Gasteiger partial charge in [-0.3, -0.25) is 9.59 Å². The number of amides is 1. The molecule has 1 aliphatic rings. The average Bonchev–Trinajstić information content (AvgIpc) is 3.27. The molecule has 0 saturated carbocycles. The molecule has 2 aromatic rings. The summed E-state index contributed by atoms with van der Waals surface area (Å²) < 4.78 is 10.4. The minimum absolute atomic E-state index is 0.0171. The largest absolute Gasteiger partial charge is 0.507 e. The Labute approximate surface area is 171 Å². The number of methoxy groups -OCH3 is 2. The van der Waals surface area contributed by atoms with Gasteiger partial charge in [0.15, 0.2) is 0 Å². The molecule has 1 N–H and O–H groups in total. The number of benzene rings is 1. The maximum Gasteiger partial charge on any atom is 0.295 e. The van der Waals surface area contributed by atoms with Gasteiger partial charge in [-0.05, 0) is 36.1 Å². The van der Waals surface area contributed by atoms with Crippen LogP contribution in [0.4, 0.5) is 0 Å². The summed E-state index contributed by atoms with van der Waals surface area (Å²) in [7, 11) is 2.96. The van der Waals surface area contributed by atoms with Crippen LogP contribution in [0, 0.1) is 6.92 Å². The van der Waals surface area contributed by atoms with E-state index < -0.39 is 17.7 Å². The zero-order chi connectivity index (χ0) is 20.4. The first-order valence-electron chi connectivity index (χ1n) is 8.56. The molecule has 1 aromatic carbocycles. The quantitative estimate of drug-likeness (QED) is 0.436. The van der Waals surface area contributed by atoms with Gasteiger partial charge >= 0.3 is 0 Å². The van der Waals surface area contributed by atoms with E-state index in [-0.39, 0.29) is 35.8 Å². The Morgan fingerprint density at radius 1 is 1.32 bits per heavy atom. The first kappa shape index (κ1) is 20.4. The summed E-state index contributed by atoms with van der Waals surface area (Å²) in [6.07, 6.45) is 0. The third-order valence-electron chi connectivity index (χ3n) is 4.54. The number of carbonyl (C=O) groups is 2. The van der Waals surface area contributed by atoms with Crippen LogP contribution in [0.2, 0.25) is 5.02 Å². The van der Waals surface area contributed by atoms with Crippen molar-refractivity contribution in [2.45, 2.75) is 13.0 Å². The predicted octanol–water partition coefficient (Wildman–Crippen LogP) is 3.79. The normalized spacial score (nSPS) is 18.7. The number of Topliss-reactive ketones (excluding diaryl/α,β-unsaturated/α-hetero) is 1. The Bertz CT molecular complexity index is 938. The number of aliphatic hydroxyl groups excluding tert-OH is 1. The lowest BCUT2D eigenvalue weighted by molar-refractivity contribution is -0.140. The molecule has 148 valence electrons.